The molecule has 0 atom stereocenters. The highest BCUT2D eigenvalue weighted by Gasteiger charge is 2.36. The first-order chi connectivity index (χ1) is 15.6. The lowest BCUT2D eigenvalue weighted by molar-refractivity contribution is 0.0296. The molecule has 0 bridgehead atoms. The number of benzene rings is 2. The van der Waals surface area contributed by atoms with Gasteiger partial charge in [-0.05, 0) is 43.0 Å². The van der Waals surface area contributed by atoms with Gasteiger partial charge in [-0.3, -0.25) is 19.3 Å². The molecule has 0 aromatic heterocycles. The van der Waals surface area contributed by atoms with Crippen LogP contribution in [0.1, 0.15) is 55.9 Å². The monoisotopic (exact) mass is 431 g/mol. The Morgan fingerprint density at radius 3 is 2.50 bits per heavy atom. The molecule has 2 heterocycles. The van der Waals surface area contributed by atoms with E-state index in [4.69, 9.17) is 10.00 Å². The Kier molecular flexibility index (Phi) is 6.62. The van der Waals surface area contributed by atoms with Crippen LogP contribution in [-0.4, -0.2) is 59.9 Å². The molecule has 0 saturated carbocycles. The zero-order valence-electron chi connectivity index (χ0n) is 17.8. The summed E-state index contributed by atoms with van der Waals surface area (Å²) in [7, 11) is 0. The summed E-state index contributed by atoms with van der Waals surface area (Å²) >= 11 is 0. The average molecular weight is 431 g/mol. The van der Waals surface area contributed by atoms with Gasteiger partial charge in [0.05, 0.1) is 23.6 Å². The summed E-state index contributed by atoms with van der Waals surface area (Å²) < 4.78 is 5.40. The number of hydrogen-bond acceptors (Lipinski definition) is 5. The Bertz CT molecular complexity index is 1050. The summed E-state index contributed by atoms with van der Waals surface area (Å²) in [5, 5.41) is 9.02. The third-order valence-corrected chi connectivity index (χ3v) is 6.04. The quantitative estimate of drug-likeness (QED) is 0.629. The largest absolute Gasteiger partial charge is 0.381 e. The number of ether oxygens (including phenoxy) is 1. The van der Waals surface area contributed by atoms with Crippen LogP contribution in [0.5, 0.6) is 0 Å². The molecule has 2 aliphatic heterocycles. The standard InChI is InChI=1S/C25H25N3O4/c26-12-4-13-27(20-10-15-32-16-11-20)23(29)19-7-8-21-22(17-19)25(31)28(24(21)30)14-9-18-5-2-1-3-6-18/h1-3,5-8,17,20H,4,9-11,13-16H2. The Morgan fingerprint density at radius 2 is 1.78 bits per heavy atom. The molecule has 1 fully saturated rings. The number of hydrogen-bond donors (Lipinski definition) is 0. The van der Waals surface area contributed by atoms with E-state index in [-0.39, 0.29) is 42.3 Å². The zero-order valence-corrected chi connectivity index (χ0v) is 17.8. The van der Waals surface area contributed by atoms with Gasteiger partial charge < -0.3 is 9.64 Å². The van der Waals surface area contributed by atoms with Gasteiger partial charge >= 0.3 is 0 Å². The number of imide groups is 1. The summed E-state index contributed by atoms with van der Waals surface area (Å²) in [5.74, 6) is -0.922. The van der Waals surface area contributed by atoms with E-state index in [2.05, 4.69) is 6.07 Å². The first kappa shape index (κ1) is 21.7. The molecule has 7 heteroatoms. The van der Waals surface area contributed by atoms with E-state index in [0.29, 0.717) is 50.1 Å². The molecule has 1 saturated heterocycles. The molecule has 32 heavy (non-hydrogen) atoms. The Hall–Kier alpha value is -3.50. The normalized spacial score (nSPS) is 16.0. The summed E-state index contributed by atoms with van der Waals surface area (Å²) in [6.45, 7) is 1.77. The fraction of sp³-hybridized carbons (Fsp3) is 0.360. The number of nitriles is 1. The summed E-state index contributed by atoms with van der Waals surface area (Å²) in [4.78, 5) is 42.0. The van der Waals surface area contributed by atoms with Crippen molar-refractivity contribution in [3.63, 3.8) is 0 Å². The van der Waals surface area contributed by atoms with E-state index in [1.165, 1.54) is 11.0 Å². The number of carbonyl (C=O) groups excluding carboxylic acids is 3. The lowest BCUT2D eigenvalue weighted by Crippen LogP contribution is -2.44. The summed E-state index contributed by atoms with van der Waals surface area (Å²) in [6.07, 6.45) is 2.24. The molecule has 0 unspecified atom stereocenters. The number of amides is 3. The van der Waals surface area contributed by atoms with Crippen molar-refractivity contribution in [2.75, 3.05) is 26.3 Å². The molecule has 3 amide bonds. The van der Waals surface area contributed by atoms with Gasteiger partial charge in [0.25, 0.3) is 17.7 Å². The molecule has 164 valence electrons. The van der Waals surface area contributed by atoms with Crippen LogP contribution in [0.4, 0.5) is 0 Å². The summed E-state index contributed by atoms with van der Waals surface area (Å²) in [5.41, 5.74) is 2.00. The van der Waals surface area contributed by atoms with Crippen LogP contribution in [0, 0.1) is 11.3 Å². The van der Waals surface area contributed by atoms with Gasteiger partial charge in [-0.15, -0.1) is 0 Å². The topological polar surface area (TPSA) is 90.7 Å². The number of rotatable bonds is 7. The van der Waals surface area contributed by atoms with Crippen molar-refractivity contribution in [3.8, 4) is 6.07 Å². The van der Waals surface area contributed by atoms with Crippen molar-refractivity contribution in [2.45, 2.75) is 31.7 Å². The average Bonchev–Trinajstić information content (AvgIpc) is 3.08. The second kappa shape index (κ2) is 9.75. The van der Waals surface area contributed by atoms with Crippen molar-refractivity contribution in [1.82, 2.24) is 9.80 Å². The van der Waals surface area contributed by atoms with Gasteiger partial charge in [0.15, 0.2) is 0 Å². The lowest BCUT2D eigenvalue weighted by atomic mass is 10.0. The maximum Gasteiger partial charge on any atom is 0.261 e. The third-order valence-electron chi connectivity index (χ3n) is 6.04. The molecule has 2 aromatic rings. The zero-order chi connectivity index (χ0) is 22.5. The van der Waals surface area contributed by atoms with Gasteiger partial charge in [-0.1, -0.05) is 30.3 Å². The smallest absolute Gasteiger partial charge is 0.261 e. The van der Waals surface area contributed by atoms with Crippen molar-refractivity contribution in [1.29, 1.82) is 5.26 Å². The Balaban J connectivity index is 1.53. The molecule has 2 aliphatic rings. The van der Waals surface area contributed by atoms with Crippen molar-refractivity contribution < 1.29 is 19.1 Å². The van der Waals surface area contributed by atoms with Gasteiger partial charge in [-0.2, -0.15) is 5.26 Å². The highest BCUT2D eigenvalue weighted by Crippen LogP contribution is 2.26. The van der Waals surface area contributed by atoms with E-state index in [9.17, 15) is 14.4 Å². The van der Waals surface area contributed by atoms with E-state index < -0.39 is 0 Å². The first-order valence-corrected chi connectivity index (χ1v) is 10.9. The number of fused-ring (bicyclic) bond motifs is 1. The van der Waals surface area contributed by atoms with E-state index in [1.807, 2.05) is 30.3 Å². The van der Waals surface area contributed by atoms with Crippen molar-refractivity contribution in [2.24, 2.45) is 0 Å². The number of nitrogens with zero attached hydrogens (tertiary/aromatic N) is 3. The fourth-order valence-electron chi connectivity index (χ4n) is 4.30. The molecule has 0 N–H and O–H groups in total. The molecular weight excluding hydrogens is 406 g/mol. The molecule has 7 nitrogen and oxygen atoms in total. The molecular formula is C25H25N3O4. The van der Waals surface area contributed by atoms with Crippen LogP contribution in [0.3, 0.4) is 0 Å². The fourth-order valence-corrected chi connectivity index (χ4v) is 4.30. The van der Waals surface area contributed by atoms with Crippen LogP contribution in [0.15, 0.2) is 48.5 Å². The van der Waals surface area contributed by atoms with Gasteiger partial charge in [0, 0.05) is 37.9 Å². The SMILES string of the molecule is N#CCCN(C(=O)c1ccc2c(c1)C(=O)N(CCc1ccccc1)C2=O)C1CCOCC1. The number of carbonyl (C=O) groups is 3. The van der Waals surface area contributed by atoms with Crippen molar-refractivity contribution in [3.05, 3.63) is 70.8 Å². The van der Waals surface area contributed by atoms with Crippen LogP contribution in [0.25, 0.3) is 0 Å². The minimum Gasteiger partial charge on any atom is -0.381 e. The van der Waals surface area contributed by atoms with E-state index in [1.54, 1.807) is 17.0 Å². The predicted molar refractivity (Wildman–Crippen MR) is 117 cm³/mol. The second-order valence-electron chi connectivity index (χ2n) is 8.01. The molecule has 0 aliphatic carbocycles. The second-order valence-corrected chi connectivity index (χ2v) is 8.01. The Labute approximate surface area is 187 Å². The van der Waals surface area contributed by atoms with Gasteiger partial charge in [0.1, 0.15) is 0 Å². The van der Waals surface area contributed by atoms with Gasteiger partial charge in [-0.25, -0.2) is 0 Å². The highest BCUT2D eigenvalue weighted by molar-refractivity contribution is 6.22. The van der Waals surface area contributed by atoms with Crippen LogP contribution in [-0.2, 0) is 11.2 Å². The van der Waals surface area contributed by atoms with Crippen LogP contribution < -0.4 is 0 Å². The van der Waals surface area contributed by atoms with Gasteiger partial charge in [0.2, 0.25) is 0 Å². The van der Waals surface area contributed by atoms with Crippen LogP contribution in [0.2, 0.25) is 0 Å². The third kappa shape index (κ3) is 4.41. The van der Waals surface area contributed by atoms with Crippen LogP contribution >= 0.6 is 0 Å². The maximum absolute atomic E-state index is 13.3. The van der Waals surface area contributed by atoms with Crippen molar-refractivity contribution >= 4 is 17.7 Å². The van der Waals surface area contributed by atoms with E-state index in [0.717, 1.165) is 5.56 Å². The predicted octanol–water partition coefficient (Wildman–Crippen LogP) is 3.06. The molecule has 0 spiro atoms. The summed E-state index contributed by atoms with van der Waals surface area (Å²) in [6, 6.07) is 16.5. The minimum absolute atomic E-state index is 0.00226. The molecule has 0 radical (unpaired) electrons. The first-order valence-electron chi connectivity index (χ1n) is 10.9. The lowest BCUT2D eigenvalue weighted by Gasteiger charge is -2.34. The minimum atomic E-state index is -0.370. The Morgan fingerprint density at radius 1 is 1.06 bits per heavy atom. The highest BCUT2D eigenvalue weighted by atomic mass is 16.5. The molecule has 2 aromatic carbocycles. The molecule has 4 rings (SSSR count). The van der Waals surface area contributed by atoms with E-state index >= 15 is 0 Å². The maximum atomic E-state index is 13.3.